The van der Waals surface area contributed by atoms with Gasteiger partial charge in [-0.1, -0.05) is 27.2 Å². The average molecular weight is 262 g/mol. The second kappa shape index (κ2) is 6.36. The molecule has 0 atom stereocenters. The summed E-state index contributed by atoms with van der Waals surface area (Å²) >= 11 is 0. The lowest BCUT2D eigenvalue weighted by Gasteiger charge is -2.27. The maximum Gasteiger partial charge on any atom is 0.251 e. The van der Waals surface area contributed by atoms with Gasteiger partial charge in [0, 0.05) is 17.7 Å². The van der Waals surface area contributed by atoms with E-state index in [0.717, 1.165) is 23.9 Å². The molecular weight excluding hydrogens is 236 g/mol. The van der Waals surface area contributed by atoms with Crippen molar-refractivity contribution >= 4 is 0 Å². The van der Waals surface area contributed by atoms with Gasteiger partial charge in [-0.2, -0.15) is 0 Å². The molecule has 106 valence electrons. The maximum absolute atomic E-state index is 11.8. The molecular formula is C16H26N2O. The van der Waals surface area contributed by atoms with Crippen LogP contribution in [0.25, 0.3) is 0 Å². The molecule has 0 aromatic carbocycles. The van der Waals surface area contributed by atoms with Crippen molar-refractivity contribution in [3.8, 4) is 0 Å². The van der Waals surface area contributed by atoms with Crippen LogP contribution in [0.2, 0.25) is 0 Å². The van der Waals surface area contributed by atoms with E-state index in [1.54, 1.807) is 6.07 Å². The number of aromatic nitrogens is 2. The highest BCUT2D eigenvalue weighted by Crippen LogP contribution is 2.35. The predicted octanol–water partition coefficient (Wildman–Crippen LogP) is 3.65. The summed E-state index contributed by atoms with van der Waals surface area (Å²) in [5.41, 5.74) is 0.963. The monoisotopic (exact) mass is 262 g/mol. The van der Waals surface area contributed by atoms with E-state index >= 15 is 0 Å². The molecule has 2 rings (SSSR count). The van der Waals surface area contributed by atoms with Crippen molar-refractivity contribution in [3.63, 3.8) is 0 Å². The standard InChI is InChI=1S/C16H26N2O/c1-4-12-5-7-13(8-6-12)16-17-14(9-11(2)3)10-15(19)18-16/h10-13H,4-9H2,1-3H3,(H,17,18,19). The lowest BCUT2D eigenvalue weighted by Crippen LogP contribution is -2.20. The molecule has 1 heterocycles. The van der Waals surface area contributed by atoms with Crippen molar-refractivity contribution in [1.82, 2.24) is 9.97 Å². The molecule has 1 aromatic heterocycles. The Morgan fingerprint density at radius 3 is 2.58 bits per heavy atom. The summed E-state index contributed by atoms with van der Waals surface area (Å²) in [4.78, 5) is 19.4. The molecule has 1 fully saturated rings. The molecule has 0 spiro atoms. The minimum atomic E-state index is 0.0123. The SMILES string of the molecule is CCC1CCC(c2nc(CC(C)C)cc(=O)[nH]2)CC1. The summed E-state index contributed by atoms with van der Waals surface area (Å²) in [6.07, 6.45) is 7.07. The summed E-state index contributed by atoms with van der Waals surface area (Å²) in [5.74, 6) is 2.81. The topological polar surface area (TPSA) is 45.8 Å². The summed E-state index contributed by atoms with van der Waals surface area (Å²) in [6.45, 7) is 6.60. The van der Waals surface area contributed by atoms with Gasteiger partial charge in [-0.15, -0.1) is 0 Å². The zero-order valence-corrected chi connectivity index (χ0v) is 12.4. The Bertz CT molecular complexity index is 456. The number of aromatic amines is 1. The summed E-state index contributed by atoms with van der Waals surface area (Å²) in [5, 5.41) is 0. The summed E-state index contributed by atoms with van der Waals surface area (Å²) in [6, 6.07) is 1.65. The largest absolute Gasteiger partial charge is 0.310 e. The van der Waals surface area contributed by atoms with Gasteiger partial charge < -0.3 is 4.98 Å². The van der Waals surface area contributed by atoms with E-state index in [4.69, 9.17) is 4.98 Å². The molecule has 1 aliphatic rings. The fraction of sp³-hybridized carbons (Fsp3) is 0.750. The van der Waals surface area contributed by atoms with Crippen LogP contribution in [0.4, 0.5) is 0 Å². The van der Waals surface area contributed by atoms with Gasteiger partial charge in [0.1, 0.15) is 5.82 Å². The van der Waals surface area contributed by atoms with Crippen LogP contribution in [0.15, 0.2) is 10.9 Å². The van der Waals surface area contributed by atoms with Gasteiger partial charge in [0.25, 0.3) is 5.56 Å². The molecule has 3 nitrogen and oxygen atoms in total. The van der Waals surface area contributed by atoms with Crippen LogP contribution in [0.1, 0.15) is 70.3 Å². The summed E-state index contributed by atoms with van der Waals surface area (Å²) in [7, 11) is 0. The van der Waals surface area contributed by atoms with Crippen LogP contribution in [0, 0.1) is 11.8 Å². The van der Waals surface area contributed by atoms with E-state index < -0.39 is 0 Å². The van der Waals surface area contributed by atoms with Crippen molar-refractivity contribution in [2.24, 2.45) is 11.8 Å². The van der Waals surface area contributed by atoms with Crippen molar-refractivity contribution < 1.29 is 0 Å². The van der Waals surface area contributed by atoms with Crippen molar-refractivity contribution in [2.45, 2.75) is 65.2 Å². The number of H-pyrrole nitrogens is 1. The Morgan fingerprint density at radius 2 is 2.00 bits per heavy atom. The first-order chi connectivity index (χ1) is 9.08. The van der Waals surface area contributed by atoms with E-state index in [2.05, 4.69) is 25.8 Å². The van der Waals surface area contributed by atoms with Crippen LogP contribution in [-0.2, 0) is 6.42 Å². The number of rotatable bonds is 4. The van der Waals surface area contributed by atoms with Gasteiger partial charge in [-0.05, 0) is 43.9 Å². The highest BCUT2D eigenvalue weighted by molar-refractivity contribution is 5.07. The number of nitrogens with zero attached hydrogens (tertiary/aromatic N) is 1. The quantitative estimate of drug-likeness (QED) is 0.900. The Morgan fingerprint density at radius 1 is 1.32 bits per heavy atom. The lowest BCUT2D eigenvalue weighted by atomic mass is 9.80. The van der Waals surface area contributed by atoms with Crippen LogP contribution < -0.4 is 5.56 Å². The molecule has 1 aromatic rings. The maximum atomic E-state index is 11.8. The molecule has 3 heteroatoms. The molecule has 0 radical (unpaired) electrons. The van der Waals surface area contributed by atoms with E-state index in [9.17, 15) is 4.79 Å². The predicted molar refractivity (Wildman–Crippen MR) is 78.4 cm³/mol. The average Bonchev–Trinajstić information content (AvgIpc) is 2.37. The smallest absolute Gasteiger partial charge is 0.251 e. The van der Waals surface area contributed by atoms with Crippen molar-refractivity contribution in [1.29, 1.82) is 0 Å². The normalized spacial score (nSPS) is 23.8. The van der Waals surface area contributed by atoms with E-state index in [1.165, 1.54) is 32.1 Å². The van der Waals surface area contributed by atoms with Crippen LogP contribution in [0.3, 0.4) is 0 Å². The van der Waals surface area contributed by atoms with Crippen LogP contribution in [0.5, 0.6) is 0 Å². The molecule has 0 aliphatic heterocycles. The fourth-order valence-electron chi connectivity index (χ4n) is 3.09. The molecule has 0 bridgehead atoms. The first kappa shape index (κ1) is 14.3. The van der Waals surface area contributed by atoms with E-state index in [-0.39, 0.29) is 5.56 Å². The third-order valence-corrected chi connectivity index (χ3v) is 4.24. The minimum absolute atomic E-state index is 0.0123. The van der Waals surface area contributed by atoms with Gasteiger partial charge >= 0.3 is 0 Å². The zero-order valence-electron chi connectivity index (χ0n) is 12.4. The highest BCUT2D eigenvalue weighted by Gasteiger charge is 2.23. The Labute approximate surface area is 115 Å². The molecule has 1 saturated carbocycles. The van der Waals surface area contributed by atoms with Crippen molar-refractivity contribution in [2.75, 3.05) is 0 Å². The molecule has 0 saturated heterocycles. The van der Waals surface area contributed by atoms with Gasteiger partial charge in [0.05, 0.1) is 0 Å². The van der Waals surface area contributed by atoms with E-state index in [0.29, 0.717) is 11.8 Å². The van der Waals surface area contributed by atoms with Gasteiger partial charge in [0.15, 0.2) is 0 Å². The van der Waals surface area contributed by atoms with E-state index in [1.807, 2.05) is 0 Å². The Kier molecular flexibility index (Phi) is 4.78. The first-order valence-corrected chi connectivity index (χ1v) is 7.68. The molecule has 19 heavy (non-hydrogen) atoms. The Hall–Kier alpha value is -1.12. The third-order valence-electron chi connectivity index (χ3n) is 4.24. The highest BCUT2D eigenvalue weighted by atomic mass is 16.1. The minimum Gasteiger partial charge on any atom is -0.310 e. The summed E-state index contributed by atoms with van der Waals surface area (Å²) < 4.78 is 0. The molecule has 0 unspecified atom stereocenters. The molecule has 1 aliphatic carbocycles. The van der Waals surface area contributed by atoms with Crippen molar-refractivity contribution in [3.05, 3.63) is 27.9 Å². The first-order valence-electron chi connectivity index (χ1n) is 7.68. The van der Waals surface area contributed by atoms with Crippen LogP contribution in [-0.4, -0.2) is 9.97 Å². The molecule has 1 N–H and O–H groups in total. The fourth-order valence-corrected chi connectivity index (χ4v) is 3.09. The second-order valence-corrected chi connectivity index (χ2v) is 6.35. The number of hydrogen-bond donors (Lipinski definition) is 1. The second-order valence-electron chi connectivity index (χ2n) is 6.35. The van der Waals surface area contributed by atoms with Crippen LogP contribution >= 0.6 is 0 Å². The van der Waals surface area contributed by atoms with Gasteiger partial charge in [-0.25, -0.2) is 4.98 Å². The lowest BCUT2D eigenvalue weighted by molar-refractivity contribution is 0.311. The van der Waals surface area contributed by atoms with Gasteiger partial charge in [-0.3, -0.25) is 4.79 Å². The zero-order chi connectivity index (χ0) is 13.8. The molecule has 0 amide bonds. The Balaban J connectivity index is 2.12. The number of nitrogens with one attached hydrogen (secondary N) is 1. The number of hydrogen-bond acceptors (Lipinski definition) is 2. The van der Waals surface area contributed by atoms with Gasteiger partial charge in [0.2, 0.25) is 0 Å². The third kappa shape index (κ3) is 3.92.